The van der Waals surface area contributed by atoms with E-state index in [1.807, 2.05) is 0 Å². The maximum Gasteiger partial charge on any atom is 0.233 e. The van der Waals surface area contributed by atoms with Gasteiger partial charge in [-0.2, -0.15) is 5.10 Å². The van der Waals surface area contributed by atoms with Crippen molar-refractivity contribution in [1.29, 1.82) is 0 Å². The van der Waals surface area contributed by atoms with Crippen LogP contribution in [0.5, 0.6) is 5.88 Å². The number of hydrogen-bond acceptors (Lipinski definition) is 5. The second kappa shape index (κ2) is 7.26. The molecule has 0 amide bonds. The van der Waals surface area contributed by atoms with Gasteiger partial charge in [0, 0.05) is 16.1 Å². The summed E-state index contributed by atoms with van der Waals surface area (Å²) in [5.41, 5.74) is 1.16. The van der Waals surface area contributed by atoms with Gasteiger partial charge < -0.3 is 4.74 Å². The van der Waals surface area contributed by atoms with Crippen molar-refractivity contribution in [3.05, 3.63) is 51.6 Å². The lowest BCUT2D eigenvalue weighted by atomic mass is 10.2. The number of hydrogen-bond donors (Lipinski definition) is 0. The van der Waals surface area contributed by atoms with E-state index in [2.05, 4.69) is 10.2 Å². The molecule has 0 N–H and O–H groups in total. The summed E-state index contributed by atoms with van der Waals surface area (Å²) in [6.07, 6.45) is 0.339. The Morgan fingerprint density at radius 3 is 2.32 bits per heavy atom. The lowest BCUT2D eigenvalue weighted by molar-refractivity contribution is 0.391. The van der Waals surface area contributed by atoms with E-state index in [4.69, 9.17) is 27.9 Å². The van der Waals surface area contributed by atoms with Gasteiger partial charge >= 0.3 is 0 Å². The molecule has 0 radical (unpaired) electrons. The lowest BCUT2D eigenvalue weighted by Gasteiger charge is -2.06. The van der Waals surface area contributed by atoms with Crippen LogP contribution in [-0.4, -0.2) is 31.5 Å². The fourth-order valence-corrected chi connectivity index (χ4v) is 3.73. The van der Waals surface area contributed by atoms with Crippen molar-refractivity contribution in [2.24, 2.45) is 0 Å². The molecular formula is C14H14Cl2N2O3S. The van der Waals surface area contributed by atoms with Crippen molar-refractivity contribution in [2.75, 3.05) is 12.9 Å². The molecule has 22 heavy (non-hydrogen) atoms. The molecular weight excluding hydrogens is 347 g/mol. The summed E-state index contributed by atoms with van der Waals surface area (Å²) in [4.78, 5) is 0. The molecule has 5 nitrogen and oxygen atoms in total. The fourth-order valence-electron chi connectivity index (χ4n) is 1.86. The van der Waals surface area contributed by atoms with Gasteiger partial charge in [-0.15, -0.1) is 5.10 Å². The molecule has 0 bridgehead atoms. The first-order chi connectivity index (χ1) is 10.4. The molecule has 2 rings (SSSR count). The van der Waals surface area contributed by atoms with Crippen LogP contribution in [0.3, 0.4) is 0 Å². The van der Waals surface area contributed by atoms with Crippen LogP contribution in [0.1, 0.15) is 11.3 Å². The van der Waals surface area contributed by atoms with Gasteiger partial charge in [-0.1, -0.05) is 23.2 Å². The summed E-state index contributed by atoms with van der Waals surface area (Å²) in [5, 5.41) is 8.55. The van der Waals surface area contributed by atoms with E-state index in [1.54, 1.807) is 30.3 Å². The van der Waals surface area contributed by atoms with Crippen LogP contribution in [0.2, 0.25) is 10.0 Å². The molecule has 0 aliphatic heterocycles. The number of benzene rings is 1. The van der Waals surface area contributed by atoms with Gasteiger partial charge in [0.1, 0.15) is 0 Å². The maximum absolute atomic E-state index is 12.1. The van der Waals surface area contributed by atoms with Crippen LogP contribution in [0.4, 0.5) is 0 Å². The van der Waals surface area contributed by atoms with Crippen LogP contribution in [0.25, 0.3) is 0 Å². The van der Waals surface area contributed by atoms with E-state index < -0.39 is 9.84 Å². The first-order valence-electron chi connectivity index (χ1n) is 6.40. The van der Waals surface area contributed by atoms with Gasteiger partial charge in [-0.3, -0.25) is 0 Å². The van der Waals surface area contributed by atoms with E-state index >= 15 is 0 Å². The second-order valence-corrected chi connectivity index (χ2v) is 7.74. The van der Waals surface area contributed by atoms with Gasteiger partial charge in [-0.25, -0.2) is 8.42 Å². The van der Waals surface area contributed by atoms with Crippen LogP contribution in [0, 0.1) is 0 Å². The zero-order valence-electron chi connectivity index (χ0n) is 11.8. The Morgan fingerprint density at radius 2 is 1.77 bits per heavy atom. The summed E-state index contributed by atoms with van der Waals surface area (Å²) in [6.45, 7) is 0. The van der Waals surface area contributed by atoms with Crippen LogP contribution in [0.15, 0.2) is 30.3 Å². The molecule has 0 aliphatic carbocycles. The van der Waals surface area contributed by atoms with Gasteiger partial charge in [0.2, 0.25) is 5.88 Å². The topological polar surface area (TPSA) is 69.2 Å². The normalized spacial score (nSPS) is 11.4. The second-order valence-electron chi connectivity index (χ2n) is 4.69. The quantitative estimate of drug-likeness (QED) is 0.791. The Hall–Kier alpha value is -1.37. The first kappa shape index (κ1) is 17.0. The summed E-state index contributed by atoms with van der Waals surface area (Å²) in [7, 11) is -1.84. The smallest absolute Gasteiger partial charge is 0.233 e. The van der Waals surface area contributed by atoms with Gasteiger partial charge in [0.05, 0.1) is 24.3 Å². The number of aryl methyl sites for hydroxylation is 1. The van der Waals surface area contributed by atoms with Crippen LogP contribution >= 0.6 is 23.2 Å². The van der Waals surface area contributed by atoms with Gasteiger partial charge in [0.15, 0.2) is 9.84 Å². The van der Waals surface area contributed by atoms with Crippen LogP contribution < -0.4 is 4.74 Å². The van der Waals surface area contributed by atoms with Crippen molar-refractivity contribution in [3.8, 4) is 5.88 Å². The van der Waals surface area contributed by atoms with Crippen LogP contribution in [-0.2, 0) is 22.0 Å². The third kappa shape index (κ3) is 5.12. The van der Waals surface area contributed by atoms with E-state index in [0.717, 1.165) is 5.56 Å². The van der Waals surface area contributed by atoms with Crippen molar-refractivity contribution in [3.63, 3.8) is 0 Å². The van der Waals surface area contributed by atoms with E-state index in [-0.39, 0.29) is 11.5 Å². The molecule has 118 valence electrons. The van der Waals surface area contributed by atoms with Gasteiger partial charge in [0.25, 0.3) is 0 Å². The number of ether oxygens (including phenoxy) is 1. The summed E-state index contributed by atoms with van der Waals surface area (Å²) in [5.74, 6) is 0.157. The largest absolute Gasteiger partial charge is 0.480 e. The molecule has 0 aliphatic rings. The zero-order chi connectivity index (χ0) is 16.2. The monoisotopic (exact) mass is 360 g/mol. The third-order valence-electron chi connectivity index (χ3n) is 2.90. The Bertz CT molecular complexity index is 729. The predicted octanol–water partition coefficient (Wildman–Crippen LogP) is 2.95. The number of nitrogens with zero attached hydrogens (tertiary/aromatic N) is 2. The molecule has 8 heteroatoms. The highest BCUT2D eigenvalue weighted by atomic mass is 35.5. The lowest BCUT2D eigenvalue weighted by Crippen LogP contribution is -2.13. The maximum atomic E-state index is 12.1. The molecule has 0 fully saturated rings. The summed E-state index contributed by atoms with van der Waals surface area (Å²) >= 11 is 11.8. The number of rotatable bonds is 6. The standard InChI is InChI=1S/C14H14Cl2N2O3S/c1-21-14-3-2-13(17-18-14)9-22(19,20)5-4-10-6-11(15)8-12(16)7-10/h2-3,6-8H,4-5,9H2,1H3. The molecule has 0 saturated heterocycles. The number of halogens is 2. The third-order valence-corrected chi connectivity index (χ3v) is 4.89. The predicted molar refractivity (Wildman–Crippen MR) is 86.2 cm³/mol. The SMILES string of the molecule is COc1ccc(CS(=O)(=O)CCc2cc(Cl)cc(Cl)c2)nn1. The fraction of sp³-hybridized carbons (Fsp3) is 0.286. The van der Waals surface area contributed by atoms with Crippen molar-refractivity contribution in [2.45, 2.75) is 12.2 Å². The molecule has 1 aromatic heterocycles. The van der Waals surface area contributed by atoms with E-state index in [0.29, 0.717) is 28.0 Å². The van der Waals surface area contributed by atoms with Crippen molar-refractivity contribution in [1.82, 2.24) is 10.2 Å². The number of aromatic nitrogens is 2. The Labute approximate surface area is 139 Å². The van der Waals surface area contributed by atoms with Crippen molar-refractivity contribution >= 4 is 33.0 Å². The van der Waals surface area contributed by atoms with Crippen molar-refractivity contribution < 1.29 is 13.2 Å². The van der Waals surface area contributed by atoms with Gasteiger partial charge in [-0.05, 0) is 36.2 Å². The molecule has 0 atom stereocenters. The Kier molecular flexibility index (Phi) is 5.61. The summed E-state index contributed by atoms with van der Waals surface area (Å²) < 4.78 is 29.1. The average Bonchev–Trinajstić information content (AvgIpc) is 2.45. The van der Waals surface area contributed by atoms with E-state index in [9.17, 15) is 8.42 Å². The number of methoxy groups -OCH3 is 1. The molecule has 0 saturated carbocycles. The Morgan fingerprint density at radius 1 is 1.09 bits per heavy atom. The zero-order valence-corrected chi connectivity index (χ0v) is 14.1. The minimum Gasteiger partial charge on any atom is -0.480 e. The molecule has 2 aromatic rings. The molecule has 1 heterocycles. The minimum atomic E-state index is -3.31. The highest BCUT2D eigenvalue weighted by Gasteiger charge is 2.14. The molecule has 0 spiro atoms. The van der Waals surface area contributed by atoms with E-state index in [1.165, 1.54) is 7.11 Å². The summed E-state index contributed by atoms with van der Waals surface area (Å²) in [6, 6.07) is 8.18. The minimum absolute atomic E-state index is 0.0165. The first-order valence-corrected chi connectivity index (χ1v) is 8.98. The highest BCUT2D eigenvalue weighted by Crippen LogP contribution is 2.20. The highest BCUT2D eigenvalue weighted by molar-refractivity contribution is 7.90. The molecule has 1 aromatic carbocycles. The average molecular weight is 361 g/mol. The number of sulfone groups is 1. The molecule has 0 unspecified atom stereocenters. The Balaban J connectivity index is 2.01.